The van der Waals surface area contributed by atoms with E-state index in [2.05, 4.69) is 5.32 Å². The first-order valence-corrected chi connectivity index (χ1v) is 14.9. The highest BCUT2D eigenvalue weighted by Gasteiger charge is 2.33. The zero-order valence-corrected chi connectivity index (χ0v) is 25.0. The number of amides is 2. The highest BCUT2D eigenvalue weighted by Crippen LogP contribution is 2.27. The third-order valence-corrected chi connectivity index (χ3v) is 8.99. The van der Waals surface area contributed by atoms with Gasteiger partial charge in [-0.1, -0.05) is 54.4 Å². The van der Waals surface area contributed by atoms with Gasteiger partial charge in [0.1, 0.15) is 12.6 Å². The molecule has 0 aliphatic heterocycles. The predicted octanol–water partition coefficient (Wildman–Crippen LogP) is 5.43. The molecule has 1 N–H and O–H groups in total. The second-order valence-electron chi connectivity index (χ2n) is 9.36. The molecular weight excluding hydrogens is 591 g/mol. The number of hydrogen-bond acceptors (Lipinski definition) is 6. The van der Waals surface area contributed by atoms with E-state index in [4.69, 9.17) is 23.2 Å². The van der Waals surface area contributed by atoms with Gasteiger partial charge in [-0.2, -0.15) is 0 Å². The predicted molar refractivity (Wildman–Crippen MR) is 158 cm³/mol. The van der Waals surface area contributed by atoms with Gasteiger partial charge in [0.25, 0.3) is 15.7 Å². The summed E-state index contributed by atoms with van der Waals surface area (Å²) in [5.41, 5.74) is 0.372. The Bertz CT molecular complexity index is 1500. The normalized spacial score (nSPS) is 12.7. The summed E-state index contributed by atoms with van der Waals surface area (Å²) in [6.07, 6.45) is 0.669. The molecule has 0 spiro atoms. The zero-order chi connectivity index (χ0) is 30.3. The highest BCUT2D eigenvalue weighted by molar-refractivity contribution is 7.92. The number of anilines is 1. The number of nitrogens with zero attached hydrogens (tertiary/aromatic N) is 3. The number of nitro groups is 1. The second-order valence-corrected chi connectivity index (χ2v) is 12.0. The Balaban J connectivity index is 2.05. The van der Waals surface area contributed by atoms with Crippen LogP contribution < -0.4 is 9.62 Å². The number of carbonyl (C=O) groups excluding carboxylic acids is 2. The Morgan fingerprint density at radius 2 is 1.61 bits per heavy atom. The lowest BCUT2D eigenvalue weighted by Crippen LogP contribution is -2.52. The lowest BCUT2D eigenvalue weighted by Gasteiger charge is -2.32. The molecule has 13 heteroatoms. The van der Waals surface area contributed by atoms with E-state index in [0.717, 1.165) is 16.4 Å². The Morgan fingerprint density at radius 3 is 2.17 bits per heavy atom. The molecule has 0 aromatic heterocycles. The van der Waals surface area contributed by atoms with Crippen molar-refractivity contribution >= 4 is 56.4 Å². The largest absolute Gasteiger partial charge is 0.352 e. The zero-order valence-electron chi connectivity index (χ0n) is 22.7. The van der Waals surface area contributed by atoms with E-state index in [1.807, 2.05) is 13.8 Å². The van der Waals surface area contributed by atoms with Gasteiger partial charge in [-0.05, 0) is 62.2 Å². The molecular formula is C28H30Cl2N4O6S. The third-order valence-electron chi connectivity index (χ3n) is 6.46. The summed E-state index contributed by atoms with van der Waals surface area (Å²) < 4.78 is 28.4. The minimum absolute atomic E-state index is 0.0407. The molecule has 10 nitrogen and oxygen atoms in total. The second kappa shape index (κ2) is 13.8. The number of benzene rings is 3. The van der Waals surface area contributed by atoms with Gasteiger partial charge in [-0.3, -0.25) is 24.0 Å². The van der Waals surface area contributed by atoms with Crippen molar-refractivity contribution in [1.82, 2.24) is 10.2 Å². The van der Waals surface area contributed by atoms with Crippen LogP contribution in [0.1, 0.15) is 32.8 Å². The fourth-order valence-corrected chi connectivity index (χ4v) is 5.63. The van der Waals surface area contributed by atoms with Crippen LogP contribution >= 0.6 is 23.2 Å². The van der Waals surface area contributed by atoms with Crippen LogP contribution in [0.3, 0.4) is 0 Å². The van der Waals surface area contributed by atoms with Crippen molar-refractivity contribution in [1.29, 1.82) is 0 Å². The van der Waals surface area contributed by atoms with E-state index in [0.29, 0.717) is 17.0 Å². The lowest BCUT2D eigenvalue weighted by atomic mass is 10.1. The molecule has 0 unspecified atom stereocenters. The summed E-state index contributed by atoms with van der Waals surface area (Å²) >= 11 is 12.2. The third kappa shape index (κ3) is 7.96. The molecule has 0 heterocycles. The van der Waals surface area contributed by atoms with E-state index >= 15 is 0 Å². The SMILES string of the molecule is CC[C@@H](C)NC(=O)[C@@H](C)N(Cc1ccc(Cl)c(Cl)c1)C(=O)CN(c1ccc([N+](=O)[O-])cc1)S(=O)(=O)c1ccccc1. The molecule has 0 radical (unpaired) electrons. The summed E-state index contributed by atoms with van der Waals surface area (Å²) in [5, 5.41) is 14.6. The minimum atomic E-state index is -4.29. The van der Waals surface area contributed by atoms with Gasteiger partial charge in [0.2, 0.25) is 11.8 Å². The molecule has 0 fully saturated rings. The molecule has 3 aromatic rings. The molecule has 0 aliphatic carbocycles. The van der Waals surface area contributed by atoms with Crippen LogP contribution in [0.2, 0.25) is 10.0 Å². The molecule has 41 heavy (non-hydrogen) atoms. The Labute approximate surface area is 249 Å². The Morgan fingerprint density at radius 1 is 0.976 bits per heavy atom. The van der Waals surface area contributed by atoms with Crippen molar-refractivity contribution in [2.75, 3.05) is 10.8 Å². The maximum absolute atomic E-state index is 13.9. The summed E-state index contributed by atoms with van der Waals surface area (Å²) in [4.78, 5) is 38.8. The van der Waals surface area contributed by atoms with E-state index in [-0.39, 0.29) is 33.9 Å². The van der Waals surface area contributed by atoms with Gasteiger partial charge >= 0.3 is 0 Å². The van der Waals surface area contributed by atoms with Crippen molar-refractivity contribution < 1.29 is 22.9 Å². The van der Waals surface area contributed by atoms with Gasteiger partial charge in [-0.25, -0.2) is 8.42 Å². The van der Waals surface area contributed by atoms with Gasteiger partial charge in [0, 0.05) is 24.7 Å². The fraction of sp³-hybridized carbons (Fsp3) is 0.286. The molecule has 0 saturated heterocycles. The lowest BCUT2D eigenvalue weighted by molar-refractivity contribution is -0.384. The minimum Gasteiger partial charge on any atom is -0.352 e. The number of sulfonamides is 1. The molecule has 2 amide bonds. The van der Waals surface area contributed by atoms with E-state index < -0.39 is 39.3 Å². The van der Waals surface area contributed by atoms with Crippen molar-refractivity contribution in [2.24, 2.45) is 0 Å². The van der Waals surface area contributed by atoms with Gasteiger partial charge in [0.15, 0.2) is 0 Å². The van der Waals surface area contributed by atoms with Crippen molar-refractivity contribution in [3.8, 4) is 0 Å². The van der Waals surface area contributed by atoms with E-state index in [1.165, 1.54) is 29.2 Å². The smallest absolute Gasteiger partial charge is 0.269 e. The van der Waals surface area contributed by atoms with Crippen LogP contribution in [-0.4, -0.2) is 48.7 Å². The van der Waals surface area contributed by atoms with Crippen molar-refractivity contribution in [3.63, 3.8) is 0 Å². The number of halogens is 2. The first kappa shape index (κ1) is 31.9. The van der Waals surface area contributed by atoms with Crippen molar-refractivity contribution in [3.05, 3.63) is 98.5 Å². The molecule has 218 valence electrons. The summed E-state index contributed by atoms with van der Waals surface area (Å²) in [5.74, 6) is -1.10. The number of non-ortho nitro benzene ring substituents is 1. The monoisotopic (exact) mass is 620 g/mol. The van der Waals surface area contributed by atoms with Gasteiger partial charge in [0.05, 0.1) is 25.6 Å². The van der Waals surface area contributed by atoms with Crippen LogP contribution in [-0.2, 0) is 26.2 Å². The standard InChI is InChI=1S/C28H30Cl2N4O6S/c1-4-19(2)31-28(36)20(3)32(17-21-10-15-25(29)26(30)16-21)27(35)18-33(22-11-13-23(14-12-22)34(37)38)41(39,40)24-8-6-5-7-9-24/h5-16,19-20H,4,17-18H2,1-3H3,(H,31,36)/t19-,20-/m1/s1. The summed E-state index contributed by atoms with van der Waals surface area (Å²) in [6, 6.07) is 16.0. The van der Waals surface area contributed by atoms with Crippen LogP contribution in [0.5, 0.6) is 0 Å². The Kier molecular flexibility index (Phi) is 10.7. The van der Waals surface area contributed by atoms with Gasteiger partial charge < -0.3 is 10.2 Å². The van der Waals surface area contributed by atoms with Crippen LogP contribution in [0.4, 0.5) is 11.4 Å². The quantitative estimate of drug-likeness (QED) is 0.212. The number of nitrogens with one attached hydrogen (secondary N) is 1. The molecule has 0 saturated carbocycles. The van der Waals surface area contributed by atoms with Crippen molar-refractivity contribution in [2.45, 2.75) is 50.7 Å². The average molecular weight is 622 g/mol. The maximum atomic E-state index is 13.9. The van der Waals surface area contributed by atoms with Crippen LogP contribution in [0, 0.1) is 10.1 Å². The molecule has 0 aliphatic rings. The first-order valence-electron chi connectivity index (χ1n) is 12.7. The number of carbonyl (C=O) groups is 2. The average Bonchev–Trinajstić information content (AvgIpc) is 2.96. The topological polar surface area (TPSA) is 130 Å². The summed E-state index contributed by atoms with van der Waals surface area (Å²) in [6.45, 7) is 4.54. The Hall–Kier alpha value is -3.67. The number of hydrogen-bond donors (Lipinski definition) is 1. The molecule has 3 rings (SSSR count). The van der Waals surface area contributed by atoms with Gasteiger partial charge in [-0.15, -0.1) is 0 Å². The highest BCUT2D eigenvalue weighted by atomic mass is 35.5. The number of nitro benzene ring substituents is 1. The molecule has 0 bridgehead atoms. The van der Waals surface area contributed by atoms with Crippen LogP contribution in [0.15, 0.2) is 77.7 Å². The van der Waals surface area contributed by atoms with E-state index in [9.17, 15) is 28.1 Å². The molecule has 3 aromatic carbocycles. The maximum Gasteiger partial charge on any atom is 0.269 e. The fourth-order valence-electron chi connectivity index (χ4n) is 3.87. The summed E-state index contributed by atoms with van der Waals surface area (Å²) in [7, 11) is -4.29. The number of rotatable bonds is 12. The van der Waals surface area contributed by atoms with E-state index in [1.54, 1.807) is 43.3 Å². The molecule has 2 atom stereocenters. The first-order chi connectivity index (χ1) is 19.3. The van der Waals surface area contributed by atoms with Crippen LogP contribution in [0.25, 0.3) is 0 Å².